The smallest absolute Gasteiger partial charge is 0.161 e. The van der Waals surface area contributed by atoms with Crippen molar-refractivity contribution in [3.05, 3.63) is 81.8 Å². The average molecular weight is 485 g/mol. The molecule has 1 heterocycles. The van der Waals surface area contributed by atoms with Crippen LogP contribution in [0.1, 0.15) is 37.3 Å². The molecule has 0 aliphatic carbocycles. The maximum absolute atomic E-state index is 6.60. The predicted molar refractivity (Wildman–Crippen MR) is 138 cm³/mol. The van der Waals surface area contributed by atoms with Gasteiger partial charge in [0.25, 0.3) is 0 Å². The zero-order chi connectivity index (χ0) is 23.0. The Bertz CT molecular complexity index is 1050. The third-order valence-corrected chi connectivity index (χ3v) is 6.31. The van der Waals surface area contributed by atoms with E-state index in [0.717, 1.165) is 52.1 Å². The van der Waals surface area contributed by atoms with E-state index in [4.69, 9.17) is 32.7 Å². The minimum atomic E-state index is 0.455. The number of benzene rings is 3. The van der Waals surface area contributed by atoms with Crippen LogP contribution < -0.4 is 19.7 Å². The number of hydrogen-bond donors (Lipinski definition) is 1. The molecule has 0 radical (unpaired) electrons. The summed E-state index contributed by atoms with van der Waals surface area (Å²) in [5.74, 6) is 1.47. The van der Waals surface area contributed by atoms with Crippen molar-refractivity contribution in [1.82, 2.24) is 0 Å². The van der Waals surface area contributed by atoms with Crippen LogP contribution in [0.15, 0.2) is 60.7 Å². The van der Waals surface area contributed by atoms with Gasteiger partial charge in [-0.2, -0.15) is 0 Å². The predicted octanol–water partition coefficient (Wildman–Crippen LogP) is 7.57. The second kappa shape index (κ2) is 11.5. The van der Waals surface area contributed by atoms with E-state index < -0.39 is 0 Å². The first-order valence-electron chi connectivity index (χ1n) is 11.5. The molecule has 0 spiro atoms. The van der Waals surface area contributed by atoms with Gasteiger partial charge in [-0.3, -0.25) is 0 Å². The molecule has 4 rings (SSSR count). The maximum Gasteiger partial charge on any atom is 0.161 e. The first-order chi connectivity index (χ1) is 16.1. The molecule has 33 heavy (non-hydrogen) atoms. The van der Waals surface area contributed by atoms with Crippen LogP contribution in [0, 0.1) is 0 Å². The lowest BCUT2D eigenvalue weighted by atomic mass is 10.1. The highest BCUT2D eigenvalue weighted by Crippen LogP contribution is 2.32. The van der Waals surface area contributed by atoms with Gasteiger partial charge < -0.3 is 19.7 Å². The lowest BCUT2D eigenvalue weighted by Crippen LogP contribution is -2.29. The molecule has 0 bridgehead atoms. The molecule has 3 aromatic carbocycles. The summed E-state index contributed by atoms with van der Waals surface area (Å²) in [6.07, 6.45) is 3.78. The highest BCUT2D eigenvalue weighted by Gasteiger charge is 2.14. The van der Waals surface area contributed by atoms with Crippen LogP contribution in [0.2, 0.25) is 10.0 Å². The molecule has 0 unspecified atom stereocenters. The standard InChI is InChI=1S/C27H30Cl2N2O2/c1-2-32-27-16-21(8-13-26(27)33-19-20-6-9-22(28)10-7-20)18-30-23-11-12-25(24(29)17-23)31-14-4-3-5-15-31/h6-13,16-17,30H,2-5,14-15,18-19H2,1H3. The molecule has 1 fully saturated rings. The van der Waals surface area contributed by atoms with Gasteiger partial charge in [0.15, 0.2) is 11.5 Å². The first-order valence-corrected chi connectivity index (χ1v) is 12.3. The number of rotatable bonds is 9. The first kappa shape index (κ1) is 23.6. The third kappa shape index (κ3) is 6.49. The summed E-state index contributed by atoms with van der Waals surface area (Å²) in [6, 6.07) is 19.9. The van der Waals surface area contributed by atoms with Gasteiger partial charge in [-0.15, -0.1) is 0 Å². The number of ether oxygens (including phenoxy) is 2. The monoisotopic (exact) mass is 484 g/mol. The minimum absolute atomic E-state index is 0.455. The molecule has 1 N–H and O–H groups in total. The van der Waals surface area contributed by atoms with Crippen molar-refractivity contribution in [2.45, 2.75) is 39.3 Å². The summed E-state index contributed by atoms with van der Waals surface area (Å²) in [7, 11) is 0. The van der Waals surface area contributed by atoms with Crippen LogP contribution >= 0.6 is 23.2 Å². The van der Waals surface area contributed by atoms with E-state index in [1.807, 2.05) is 49.4 Å². The van der Waals surface area contributed by atoms with E-state index in [1.165, 1.54) is 19.3 Å². The van der Waals surface area contributed by atoms with Gasteiger partial charge in [-0.1, -0.05) is 41.4 Å². The molecule has 0 amide bonds. The van der Waals surface area contributed by atoms with E-state index >= 15 is 0 Å². The minimum Gasteiger partial charge on any atom is -0.490 e. The summed E-state index contributed by atoms with van der Waals surface area (Å²) >= 11 is 12.6. The van der Waals surface area contributed by atoms with Crippen molar-refractivity contribution >= 4 is 34.6 Å². The third-order valence-electron chi connectivity index (χ3n) is 5.76. The Labute approximate surface area is 206 Å². The van der Waals surface area contributed by atoms with E-state index in [0.29, 0.717) is 24.8 Å². The second-order valence-electron chi connectivity index (χ2n) is 8.20. The summed E-state index contributed by atoms with van der Waals surface area (Å²) in [5, 5.41) is 4.98. The van der Waals surface area contributed by atoms with Crippen LogP contribution in [-0.4, -0.2) is 19.7 Å². The number of hydrogen-bond acceptors (Lipinski definition) is 4. The summed E-state index contributed by atoms with van der Waals surface area (Å²) < 4.78 is 11.8. The van der Waals surface area contributed by atoms with E-state index in [9.17, 15) is 0 Å². The Morgan fingerprint density at radius 2 is 1.58 bits per heavy atom. The van der Waals surface area contributed by atoms with Crippen molar-refractivity contribution in [2.24, 2.45) is 0 Å². The molecule has 0 atom stereocenters. The topological polar surface area (TPSA) is 33.7 Å². The van der Waals surface area contributed by atoms with Gasteiger partial charge >= 0.3 is 0 Å². The Hall–Kier alpha value is -2.56. The Morgan fingerprint density at radius 3 is 2.30 bits per heavy atom. The van der Waals surface area contributed by atoms with Crippen LogP contribution in [0.25, 0.3) is 0 Å². The highest BCUT2D eigenvalue weighted by molar-refractivity contribution is 6.33. The normalized spacial score (nSPS) is 13.6. The lowest BCUT2D eigenvalue weighted by Gasteiger charge is -2.29. The highest BCUT2D eigenvalue weighted by atomic mass is 35.5. The number of halogens is 2. The fourth-order valence-electron chi connectivity index (χ4n) is 4.00. The van der Waals surface area contributed by atoms with Crippen LogP contribution in [-0.2, 0) is 13.2 Å². The Morgan fingerprint density at radius 1 is 0.818 bits per heavy atom. The van der Waals surface area contributed by atoms with Crippen molar-refractivity contribution in [3.63, 3.8) is 0 Å². The molecule has 6 heteroatoms. The van der Waals surface area contributed by atoms with Gasteiger partial charge in [0, 0.05) is 30.3 Å². The lowest BCUT2D eigenvalue weighted by molar-refractivity contribution is 0.269. The van der Waals surface area contributed by atoms with Crippen molar-refractivity contribution in [2.75, 3.05) is 29.9 Å². The molecule has 1 aliphatic rings. The SMILES string of the molecule is CCOc1cc(CNc2ccc(N3CCCCC3)c(Cl)c2)ccc1OCc1ccc(Cl)cc1. The van der Waals surface area contributed by atoms with Gasteiger partial charge in [0.1, 0.15) is 6.61 Å². The maximum atomic E-state index is 6.60. The molecule has 3 aromatic rings. The van der Waals surface area contributed by atoms with E-state index in [-0.39, 0.29) is 0 Å². The molecule has 174 valence electrons. The fourth-order valence-corrected chi connectivity index (χ4v) is 4.43. The molecule has 0 aromatic heterocycles. The van der Waals surface area contributed by atoms with Gasteiger partial charge in [0.05, 0.1) is 17.3 Å². The number of nitrogens with zero attached hydrogens (tertiary/aromatic N) is 1. The molecular weight excluding hydrogens is 455 g/mol. The fraction of sp³-hybridized carbons (Fsp3) is 0.333. The quantitative estimate of drug-likeness (QED) is 0.339. The second-order valence-corrected chi connectivity index (χ2v) is 9.04. The van der Waals surface area contributed by atoms with Crippen molar-refractivity contribution in [1.29, 1.82) is 0 Å². The van der Waals surface area contributed by atoms with Gasteiger partial charge in [-0.05, 0) is 79.8 Å². The van der Waals surface area contributed by atoms with Crippen molar-refractivity contribution in [3.8, 4) is 11.5 Å². The van der Waals surface area contributed by atoms with Crippen LogP contribution in [0.5, 0.6) is 11.5 Å². The zero-order valence-electron chi connectivity index (χ0n) is 18.9. The average Bonchev–Trinajstić information content (AvgIpc) is 2.84. The Kier molecular flexibility index (Phi) is 8.25. The zero-order valence-corrected chi connectivity index (χ0v) is 20.5. The molecule has 0 saturated carbocycles. The van der Waals surface area contributed by atoms with Crippen LogP contribution in [0.3, 0.4) is 0 Å². The van der Waals surface area contributed by atoms with Gasteiger partial charge in [-0.25, -0.2) is 0 Å². The van der Waals surface area contributed by atoms with Crippen molar-refractivity contribution < 1.29 is 9.47 Å². The van der Waals surface area contributed by atoms with Gasteiger partial charge in [0.2, 0.25) is 0 Å². The van der Waals surface area contributed by atoms with E-state index in [2.05, 4.69) is 28.4 Å². The number of anilines is 2. The summed E-state index contributed by atoms with van der Waals surface area (Å²) in [6.45, 7) is 5.83. The van der Waals surface area contributed by atoms with E-state index in [1.54, 1.807) is 0 Å². The summed E-state index contributed by atoms with van der Waals surface area (Å²) in [4.78, 5) is 2.38. The number of nitrogens with one attached hydrogen (secondary N) is 1. The van der Waals surface area contributed by atoms with Crippen LogP contribution in [0.4, 0.5) is 11.4 Å². The summed E-state index contributed by atoms with van der Waals surface area (Å²) in [5.41, 5.74) is 4.29. The molecule has 1 saturated heterocycles. The largest absolute Gasteiger partial charge is 0.490 e. The number of piperidine rings is 1. The molecule has 4 nitrogen and oxygen atoms in total. The Balaban J connectivity index is 1.39. The molecular formula is C27H30Cl2N2O2. The molecule has 1 aliphatic heterocycles.